The number of hydrogen-bond donors (Lipinski definition) is 1. The molecule has 1 atom stereocenters. The van der Waals surface area contributed by atoms with Crippen LogP contribution in [-0.4, -0.2) is 40.0 Å². The van der Waals surface area contributed by atoms with Crippen molar-refractivity contribution in [1.29, 1.82) is 0 Å². The molecule has 2 aromatic heterocycles. The zero-order chi connectivity index (χ0) is 19.4. The van der Waals surface area contributed by atoms with Crippen molar-refractivity contribution in [3.8, 4) is 11.4 Å². The van der Waals surface area contributed by atoms with E-state index < -0.39 is 18.0 Å². The quantitative estimate of drug-likeness (QED) is 0.664. The molecule has 27 heavy (non-hydrogen) atoms. The largest absolute Gasteiger partial charge is 0.493 e. The lowest BCUT2D eigenvalue weighted by Gasteiger charge is -2.11. The lowest BCUT2D eigenvalue weighted by molar-refractivity contribution is -0.124. The number of ether oxygens (including phenoxy) is 2. The minimum Gasteiger partial charge on any atom is -0.493 e. The second-order valence-corrected chi connectivity index (χ2v) is 5.70. The summed E-state index contributed by atoms with van der Waals surface area (Å²) in [6.07, 6.45) is 0.489. The van der Waals surface area contributed by atoms with Crippen molar-refractivity contribution < 1.29 is 23.6 Å². The maximum atomic E-state index is 12.4. The Labute approximate surface area is 154 Å². The van der Waals surface area contributed by atoms with Crippen LogP contribution >= 0.6 is 0 Å². The van der Waals surface area contributed by atoms with Crippen molar-refractivity contribution in [3.05, 3.63) is 54.0 Å². The van der Waals surface area contributed by atoms with Gasteiger partial charge in [0.15, 0.2) is 11.9 Å². The fourth-order valence-corrected chi connectivity index (χ4v) is 2.28. The van der Waals surface area contributed by atoms with Crippen LogP contribution < -0.4 is 10.1 Å². The molecule has 0 saturated carbocycles. The van der Waals surface area contributed by atoms with Gasteiger partial charge in [-0.3, -0.25) is 10.1 Å². The van der Waals surface area contributed by atoms with E-state index in [4.69, 9.17) is 14.0 Å². The number of anilines is 1. The molecule has 9 heteroatoms. The minimum atomic E-state index is -1.07. The molecule has 140 valence electrons. The summed E-state index contributed by atoms with van der Waals surface area (Å²) in [6.45, 7) is 3.16. The number of amides is 1. The molecule has 9 nitrogen and oxygen atoms in total. The summed E-state index contributed by atoms with van der Waals surface area (Å²) in [5.41, 5.74) is 1.34. The molecule has 0 bridgehead atoms. The Hall–Kier alpha value is -3.62. The number of methoxy groups -OCH3 is 1. The van der Waals surface area contributed by atoms with Gasteiger partial charge in [-0.15, -0.1) is 0 Å². The van der Waals surface area contributed by atoms with E-state index in [1.54, 1.807) is 19.2 Å². The molecule has 0 saturated heterocycles. The fourth-order valence-electron chi connectivity index (χ4n) is 2.28. The van der Waals surface area contributed by atoms with Crippen molar-refractivity contribution in [2.24, 2.45) is 0 Å². The first-order chi connectivity index (χ1) is 13.0. The van der Waals surface area contributed by atoms with Crippen molar-refractivity contribution in [1.82, 2.24) is 14.9 Å². The topological polar surface area (TPSA) is 108 Å². The van der Waals surface area contributed by atoms with Gasteiger partial charge in [0.2, 0.25) is 11.6 Å². The number of nitrogens with one attached hydrogen (secondary N) is 1. The molecule has 1 amide bonds. The van der Waals surface area contributed by atoms with Crippen LogP contribution in [0.25, 0.3) is 5.69 Å². The summed E-state index contributed by atoms with van der Waals surface area (Å²) in [6, 6.07) is 10.8. The predicted octanol–water partition coefficient (Wildman–Crippen LogP) is 2.36. The average Bonchev–Trinajstić information content (AvgIpc) is 3.28. The smallest absolute Gasteiger partial charge is 0.363 e. The third-order valence-corrected chi connectivity index (χ3v) is 3.64. The van der Waals surface area contributed by atoms with E-state index in [1.165, 1.54) is 18.7 Å². The lowest BCUT2D eigenvalue weighted by atomic mass is 10.3. The van der Waals surface area contributed by atoms with Gasteiger partial charge < -0.3 is 14.0 Å². The number of carbonyl (C=O) groups is 2. The molecule has 2 heterocycles. The first-order valence-corrected chi connectivity index (χ1v) is 8.12. The van der Waals surface area contributed by atoms with Crippen molar-refractivity contribution >= 4 is 17.8 Å². The van der Waals surface area contributed by atoms with Gasteiger partial charge in [0, 0.05) is 6.07 Å². The normalized spacial score (nSPS) is 11.7. The van der Waals surface area contributed by atoms with Crippen LogP contribution in [0.2, 0.25) is 0 Å². The van der Waals surface area contributed by atoms with Crippen LogP contribution in [0.15, 0.2) is 47.1 Å². The lowest BCUT2D eigenvalue weighted by Crippen LogP contribution is -2.30. The van der Waals surface area contributed by atoms with Gasteiger partial charge in [0.1, 0.15) is 0 Å². The number of rotatable bonds is 6. The summed E-state index contributed by atoms with van der Waals surface area (Å²) in [5, 5.41) is 10.3. The molecule has 1 aromatic carbocycles. The van der Waals surface area contributed by atoms with E-state index in [0.717, 1.165) is 5.69 Å². The van der Waals surface area contributed by atoms with Gasteiger partial charge in [0.05, 0.1) is 24.7 Å². The maximum Gasteiger partial charge on any atom is 0.363 e. The fraction of sp³-hybridized carbons (Fsp3) is 0.222. The van der Waals surface area contributed by atoms with Crippen molar-refractivity contribution in [2.75, 3.05) is 12.4 Å². The van der Waals surface area contributed by atoms with Crippen LogP contribution in [0, 0.1) is 6.92 Å². The Morgan fingerprint density at radius 3 is 2.63 bits per heavy atom. The first-order valence-electron chi connectivity index (χ1n) is 8.12. The second kappa shape index (κ2) is 7.73. The number of aryl methyl sites for hydroxylation is 1. The summed E-state index contributed by atoms with van der Waals surface area (Å²) in [7, 11) is 1.42. The molecule has 0 aliphatic carbocycles. The van der Waals surface area contributed by atoms with E-state index in [9.17, 15) is 9.59 Å². The maximum absolute atomic E-state index is 12.4. The van der Waals surface area contributed by atoms with E-state index in [0.29, 0.717) is 5.69 Å². The van der Waals surface area contributed by atoms with Crippen LogP contribution in [0.4, 0.5) is 5.88 Å². The van der Waals surface area contributed by atoms with Gasteiger partial charge in [-0.2, -0.15) is 5.10 Å². The van der Waals surface area contributed by atoms with E-state index in [-0.39, 0.29) is 17.3 Å². The van der Waals surface area contributed by atoms with Gasteiger partial charge in [0.25, 0.3) is 5.91 Å². The molecular weight excluding hydrogens is 352 g/mol. The first kappa shape index (κ1) is 18.2. The van der Waals surface area contributed by atoms with E-state index >= 15 is 0 Å². The molecule has 3 aromatic rings. The Kier molecular flexibility index (Phi) is 5.20. The SMILES string of the molecule is COc1cn(-c2ccccc2)nc1C(=O)O[C@@H](C)C(=O)Nc1cc(C)no1. The van der Waals surface area contributed by atoms with Gasteiger partial charge in [-0.1, -0.05) is 23.4 Å². The van der Waals surface area contributed by atoms with E-state index in [2.05, 4.69) is 15.6 Å². The van der Waals surface area contributed by atoms with E-state index in [1.807, 2.05) is 30.3 Å². The molecule has 0 aliphatic heterocycles. The standard InChI is InChI=1S/C18H18N4O5/c1-11-9-15(27-21-11)19-17(23)12(2)26-18(24)16-14(25-3)10-22(20-16)13-7-5-4-6-8-13/h4-10,12H,1-3H3,(H,19,23)/t12-/m0/s1. The van der Waals surface area contributed by atoms with Crippen LogP contribution in [0.1, 0.15) is 23.1 Å². The molecule has 0 aliphatic rings. The predicted molar refractivity (Wildman–Crippen MR) is 94.9 cm³/mol. The molecule has 0 unspecified atom stereocenters. The van der Waals surface area contributed by atoms with Crippen LogP contribution in [0.5, 0.6) is 5.75 Å². The highest BCUT2D eigenvalue weighted by atomic mass is 16.6. The summed E-state index contributed by atoms with van der Waals surface area (Å²) >= 11 is 0. The summed E-state index contributed by atoms with van der Waals surface area (Å²) < 4.78 is 16.8. The number of aromatic nitrogens is 3. The highest BCUT2D eigenvalue weighted by molar-refractivity contribution is 5.96. The zero-order valence-electron chi connectivity index (χ0n) is 15.0. The monoisotopic (exact) mass is 370 g/mol. The molecule has 0 spiro atoms. The summed E-state index contributed by atoms with van der Waals surface area (Å²) in [5.74, 6) is -0.924. The average molecular weight is 370 g/mol. The number of nitrogens with zero attached hydrogens (tertiary/aromatic N) is 3. The van der Waals surface area contributed by atoms with Crippen LogP contribution in [0.3, 0.4) is 0 Å². The number of esters is 1. The number of carbonyl (C=O) groups excluding carboxylic acids is 2. The Morgan fingerprint density at radius 1 is 1.26 bits per heavy atom. The summed E-state index contributed by atoms with van der Waals surface area (Å²) in [4.78, 5) is 24.6. The van der Waals surface area contributed by atoms with Gasteiger partial charge in [-0.25, -0.2) is 9.48 Å². The van der Waals surface area contributed by atoms with Crippen LogP contribution in [-0.2, 0) is 9.53 Å². The van der Waals surface area contributed by atoms with Crippen molar-refractivity contribution in [3.63, 3.8) is 0 Å². The second-order valence-electron chi connectivity index (χ2n) is 5.70. The molecule has 0 fully saturated rings. The van der Waals surface area contributed by atoms with Crippen molar-refractivity contribution in [2.45, 2.75) is 20.0 Å². The molecule has 3 rings (SSSR count). The number of benzene rings is 1. The molecular formula is C18H18N4O5. The highest BCUT2D eigenvalue weighted by Crippen LogP contribution is 2.21. The molecule has 0 radical (unpaired) electrons. The third-order valence-electron chi connectivity index (χ3n) is 3.64. The zero-order valence-corrected chi connectivity index (χ0v) is 15.0. The minimum absolute atomic E-state index is 0.0310. The molecule has 1 N–H and O–H groups in total. The van der Waals surface area contributed by atoms with Gasteiger partial charge in [-0.05, 0) is 26.0 Å². The number of hydrogen-bond acceptors (Lipinski definition) is 7. The number of para-hydroxylation sites is 1. The Bertz CT molecular complexity index is 948. The Morgan fingerprint density at radius 2 is 2.00 bits per heavy atom. The van der Waals surface area contributed by atoms with Gasteiger partial charge >= 0.3 is 5.97 Å². The Balaban J connectivity index is 1.71. The third kappa shape index (κ3) is 4.14. The highest BCUT2D eigenvalue weighted by Gasteiger charge is 2.25.